The summed E-state index contributed by atoms with van der Waals surface area (Å²) in [5.41, 5.74) is 0.456. The molecule has 1 N–H and O–H groups in total. The van der Waals surface area contributed by atoms with Crippen molar-refractivity contribution in [3.63, 3.8) is 0 Å². The molecular formula is C15H28N2. The van der Waals surface area contributed by atoms with E-state index in [1.807, 2.05) is 0 Å². The van der Waals surface area contributed by atoms with Gasteiger partial charge in [0.05, 0.1) is 0 Å². The van der Waals surface area contributed by atoms with Crippen LogP contribution in [0, 0.1) is 5.92 Å². The molecular weight excluding hydrogens is 208 g/mol. The summed E-state index contributed by atoms with van der Waals surface area (Å²) in [6.45, 7) is 12.1. The molecule has 0 aromatic carbocycles. The smallest absolute Gasteiger partial charge is 0.0338 e. The third-order valence-electron chi connectivity index (χ3n) is 5.00. The lowest BCUT2D eigenvalue weighted by Gasteiger charge is -2.49. The quantitative estimate of drug-likeness (QED) is 0.755. The molecule has 0 amide bonds. The second kappa shape index (κ2) is 5.53. The summed E-state index contributed by atoms with van der Waals surface area (Å²) in [6, 6.07) is 0.672. The summed E-state index contributed by atoms with van der Waals surface area (Å²) >= 11 is 0. The van der Waals surface area contributed by atoms with Gasteiger partial charge in [-0.15, -0.1) is 6.58 Å². The zero-order valence-electron chi connectivity index (χ0n) is 11.5. The average molecular weight is 236 g/mol. The molecule has 1 aliphatic heterocycles. The summed E-state index contributed by atoms with van der Waals surface area (Å²) in [7, 11) is 0. The van der Waals surface area contributed by atoms with Crippen LogP contribution in [0.2, 0.25) is 0 Å². The zero-order chi connectivity index (χ0) is 12.3. The van der Waals surface area contributed by atoms with Gasteiger partial charge in [-0.1, -0.05) is 39.2 Å². The monoisotopic (exact) mass is 236 g/mol. The number of rotatable bonds is 4. The van der Waals surface area contributed by atoms with Crippen LogP contribution in [0.1, 0.15) is 46.0 Å². The first-order chi connectivity index (χ1) is 8.22. The average Bonchev–Trinajstić information content (AvgIpc) is 2.81. The lowest BCUT2D eigenvalue weighted by atomic mass is 9.87. The summed E-state index contributed by atoms with van der Waals surface area (Å²) in [5.74, 6) is 0.779. The van der Waals surface area contributed by atoms with Crippen molar-refractivity contribution in [3.8, 4) is 0 Å². The van der Waals surface area contributed by atoms with Gasteiger partial charge in [-0.2, -0.15) is 0 Å². The van der Waals surface area contributed by atoms with E-state index >= 15 is 0 Å². The third-order valence-corrected chi connectivity index (χ3v) is 5.00. The topological polar surface area (TPSA) is 15.3 Å². The van der Waals surface area contributed by atoms with Crippen molar-refractivity contribution in [2.75, 3.05) is 19.6 Å². The molecule has 0 aromatic heterocycles. The van der Waals surface area contributed by atoms with E-state index in [1.54, 1.807) is 0 Å². The molecule has 98 valence electrons. The molecule has 2 fully saturated rings. The minimum absolute atomic E-state index is 0.456. The molecule has 2 heteroatoms. The van der Waals surface area contributed by atoms with Crippen LogP contribution < -0.4 is 5.32 Å². The standard InChI is InChI=1S/C15H28N2/c1-4-10-17-11-14(13(3)5-2)16-12-15(17)8-6-7-9-15/h4,13-14,16H,1,5-12H2,2-3H3. The summed E-state index contributed by atoms with van der Waals surface area (Å²) in [4.78, 5) is 2.71. The molecule has 2 unspecified atom stereocenters. The van der Waals surface area contributed by atoms with E-state index in [1.165, 1.54) is 45.2 Å². The van der Waals surface area contributed by atoms with Gasteiger partial charge >= 0.3 is 0 Å². The Morgan fingerprint density at radius 2 is 2.18 bits per heavy atom. The van der Waals surface area contributed by atoms with Crippen LogP contribution in [-0.4, -0.2) is 36.1 Å². The van der Waals surface area contributed by atoms with Gasteiger partial charge in [0.1, 0.15) is 0 Å². The molecule has 1 spiro atoms. The Kier molecular flexibility index (Phi) is 4.26. The molecule has 0 radical (unpaired) electrons. The van der Waals surface area contributed by atoms with Crippen molar-refractivity contribution >= 4 is 0 Å². The zero-order valence-corrected chi connectivity index (χ0v) is 11.5. The van der Waals surface area contributed by atoms with Crippen LogP contribution in [0.25, 0.3) is 0 Å². The highest BCUT2D eigenvalue weighted by Crippen LogP contribution is 2.37. The van der Waals surface area contributed by atoms with Gasteiger partial charge in [0.15, 0.2) is 0 Å². The van der Waals surface area contributed by atoms with Crippen molar-refractivity contribution in [1.29, 1.82) is 0 Å². The fourth-order valence-electron chi connectivity index (χ4n) is 3.54. The fourth-order valence-corrected chi connectivity index (χ4v) is 3.54. The first-order valence-corrected chi connectivity index (χ1v) is 7.31. The predicted molar refractivity (Wildman–Crippen MR) is 74.2 cm³/mol. The highest BCUT2D eigenvalue weighted by atomic mass is 15.3. The highest BCUT2D eigenvalue weighted by molar-refractivity contribution is 5.03. The van der Waals surface area contributed by atoms with E-state index in [-0.39, 0.29) is 0 Å². The Bertz CT molecular complexity index is 256. The van der Waals surface area contributed by atoms with Crippen molar-refractivity contribution in [2.24, 2.45) is 5.92 Å². The normalized spacial score (nSPS) is 30.6. The molecule has 1 heterocycles. The van der Waals surface area contributed by atoms with Gasteiger partial charge < -0.3 is 5.32 Å². The molecule has 2 nitrogen and oxygen atoms in total. The SMILES string of the molecule is C=CCN1CC(C(C)CC)NCC12CCCC2. The molecule has 0 aromatic rings. The lowest BCUT2D eigenvalue weighted by molar-refractivity contribution is 0.0412. The molecule has 2 atom stereocenters. The second-order valence-electron chi connectivity index (χ2n) is 6.00. The second-order valence-corrected chi connectivity index (χ2v) is 6.00. The maximum atomic E-state index is 3.94. The van der Waals surface area contributed by atoms with Crippen LogP contribution in [0.3, 0.4) is 0 Å². The number of nitrogens with one attached hydrogen (secondary N) is 1. The molecule has 2 aliphatic rings. The lowest BCUT2D eigenvalue weighted by Crippen LogP contribution is -2.64. The minimum atomic E-state index is 0.456. The maximum absolute atomic E-state index is 3.94. The van der Waals surface area contributed by atoms with Gasteiger partial charge in [-0.05, 0) is 18.8 Å². The van der Waals surface area contributed by atoms with Crippen molar-refractivity contribution < 1.29 is 0 Å². The Morgan fingerprint density at radius 1 is 1.47 bits per heavy atom. The molecule has 17 heavy (non-hydrogen) atoms. The van der Waals surface area contributed by atoms with Crippen molar-refractivity contribution in [1.82, 2.24) is 10.2 Å². The van der Waals surface area contributed by atoms with E-state index in [0.717, 1.165) is 12.5 Å². The molecule has 1 saturated carbocycles. The minimum Gasteiger partial charge on any atom is -0.311 e. The van der Waals surface area contributed by atoms with Crippen LogP contribution in [-0.2, 0) is 0 Å². The first kappa shape index (κ1) is 13.1. The number of hydrogen-bond donors (Lipinski definition) is 1. The molecule has 1 aliphatic carbocycles. The Balaban J connectivity index is 2.05. The Labute approximate surface area is 106 Å². The summed E-state index contributed by atoms with van der Waals surface area (Å²) in [5, 5.41) is 3.81. The largest absolute Gasteiger partial charge is 0.311 e. The van der Waals surface area contributed by atoms with E-state index in [2.05, 4.69) is 36.7 Å². The van der Waals surface area contributed by atoms with E-state index in [4.69, 9.17) is 0 Å². The summed E-state index contributed by atoms with van der Waals surface area (Å²) in [6.07, 6.45) is 8.92. The van der Waals surface area contributed by atoms with Gasteiger partial charge in [-0.3, -0.25) is 4.90 Å². The van der Waals surface area contributed by atoms with Gasteiger partial charge in [0.25, 0.3) is 0 Å². The fraction of sp³-hybridized carbons (Fsp3) is 0.867. The predicted octanol–water partition coefficient (Wildman–Crippen LogP) is 2.81. The van der Waals surface area contributed by atoms with Crippen LogP contribution >= 0.6 is 0 Å². The van der Waals surface area contributed by atoms with Gasteiger partial charge in [0, 0.05) is 31.2 Å². The number of hydrogen-bond acceptors (Lipinski definition) is 2. The number of piperazine rings is 1. The third kappa shape index (κ3) is 2.58. The van der Waals surface area contributed by atoms with Crippen LogP contribution in [0.5, 0.6) is 0 Å². The Morgan fingerprint density at radius 3 is 2.76 bits per heavy atom. The molecule has 1 saturated heterocycles. The number of nitrogens with zero attached hydrogens (tertiary/aromatic N) is 1. The highest BCUT2D eigenvalue weighted by Gasteiger charge is 2.43. The van der Waals surface area contributed by atoms with Gasteiger partial charge in [-0.25, -0.2) is 0 Å². The van der Waals surface area contributed by atoms with Crippen molar-refractivity contribution in [3.05, 3.63) is 12.7 Å². The van der Waals surface area contributed by atoms with Gasteiger partial charge in [0.2, 0.25) is 0 Å². The first-order valence-electron chi connectivity index (χ1n) is 7.31. The Hall–Kier alpha value is -0.340. The van der Waals surface area contributed by atoms with E-state index < -0.39 is 0 Å². The summed E-state index contributed by atoms with van der Waals surface area (Å²) < 4.78 is 0. The molecule has 2 rings (SSSR count). The van der Waals surface area contributed by atoms with Crippen LogP contribution in [0.4, 0.5) is 0 Å². The van der Waals surface area contributed by atoms with Crippen LogP contribution in [0.15, 0.2) is 12.7 Å². The molecule has 0 bridgehead atoms. The van der Waals surface area contributed by atoms with E-state index in [9.17, 15) is 0 Å². The van der Waals surface area contributed by atoms with Crippen molar-refractivity contribution in [2.45, 2.75) is 57.5 Å². The maximum Gasteiger partial charge on any atom is 0.0338 e. The van der Waals surface area contributed by atoms with E-state index in [0.29, 0.717) is 11.6 Å².